The van der Waals surface area contributed by atoms with E-state index in [2.05, 4.69) is 24.1 Å². The Morgan fingerprint density at radius 1 is 1.50 bits per heavy atom. The first-order valence-corrected chi connectivity index (χ1v) is 5.06. The van der Waals surface area contributed by atoms with Crippen molar-refractivity contribution >= 4 is 5.97 Å². The lowest BCUT2D eigenvalue weighted by molar-refractivity contribution is -0.139. The zero-order valence-corrected chi connectivity index (χ0v) is 9.58. The van der Waals surface area contributed by atoms with Crippen molar-refractivity contribution in [2.45, 2.75) is 26.3 Å². The molecule has 0 saturated heterocycles. The van der Waals surface area contributed by atoms with Gasteiger partial charge in [0.1, 0.15) is 6.04 Å². The van der Waals surface area contributed by atoms with Gasteiger partial charge >= 0.3 is 5.97 Å². The van der Waals surface area contributed by atoms with Crippen LogP contribution in [-0.2, 0) is 4.79 Å². The maximum absolute atomic E-state index is 10.7. The zero-order chi connectivity index (χ0) is 11.1. The minimum Gasteiger partial charge on any atom is -0.480 e. The summed E-state index contributed by atoms with van der Waals surface area (Å²) in [5, 5.41) is 11.6. The molecule has 0 bridgehead atoms. The van der Waals surface area contributed by atoms with Gasteiger partial charge in [-0.2, -0.15) is 0 Å². The van der Waals surface area contributed by atoms with Gasteiger partial charge in [0.25, 0.3) is 0 Å². The van der Waals surface area contributed by atoms with Gasteiger partial charge in [0.15, 0.2) is 0 Å². The Morgan fingerprint density at radius 3 is 2.43 bits per heavy atom. The van der Waals surface area contributed by atoms with Crippen molar-refractivity contribution in [3.63, 3.8) is 0 Å². The normalized spacial score (nSPS) is 13.6. The van der Waals surface area contributed by atoms with Crippen LogP contribution in [0.2, 0.25) is 0 Å². The van der Waals surface area contributed by atoms with Crippen LogP contribution in [-0.4, -0.2) is 49.2 Å². The SMILES string of the molecule is CNC(CN(C)CCC(C)C)C(=O)O. The summed E-state index contributed by atoms with van der Waals surface area (Å²) >= 11 is 0. The van der Waals surface area contributed by atoms with E-state index < -0.39 is 12.0 Å². The summed E-state index contributed by atoms with van der Waals surface area (Å²) in [5.74, 6) is -0.126. The number of nitrogens with one attached hydrogen (secondary N) is 1. The zero-order valence-electron chi connectivity index (χ0n) is 9.58. The summed E-state index contributed by atoms with van der Waals surface area (Å²) in [6.07, 6.45) is 1.10. The average molecular weight is 202 g/mol. The van der Waals surface area contributed by atoms with E-state index in [0.717, 1.165) is 13.0 Å². The van der Waals surface area contributed by atoms with Gasteiger partial charge in [0.05, 0.1) is 0 Å². The third-order valence-corrected chi connectivity index (χ3v) is 2.23. The molecular formula is C10H22N2O2. The molecule has 2 N–H and O–H groups in total. The Balaban J connectivity index is 3.79. The molecule has 84 valence electrons. The smallest absolute Gasteiger partial charge is 0.322 e. The molecule has 0 spiro atoms. The highest BCUT2D eigenvalue weighted by atomic mass is 16.4. The highest BCUT2D eigenvalue weighted by molar-refractivity contribution is 5.73. The second kappa shape index (κ2) is 6.79. The lowest BCUT2D eigenvalue weighted by Crippen LogP contribution is -2.43. The number of carboxylic acid groups (broad SMARTS) is 1. The minimum absolute atomic E-state index is 0.466. The van der Waals surface area contributed by atoms with Gasteiger partial charge in [-0.1, -0.05) is 13.8 Å². The molecule has 1 unspecified atom stereocenters. The first kappa shape index (κ1) is 13.4. The number of nitrogens with zero attached hydrogens (tertiary/aromatic N) is 1. The van der Waals surface area contributed by atoms with Crippen LogP contribution in [0.15, 0.2) is 0 Å². The molecule has 0 radical (unpaired) electrons. The van der Waals surface area contributed by atoms with Crippen LogP contribution in [0.3, 0.4) is 0 Å². The second-order valence-electron chi connectivity index (χ2n) is 4.12. The first-order chi connectivity index (χ1) is 6.47. The molecule has 0 heterocycles. The van der Waals surface area contributed by atoms with Crippen LogP contribution in [0, 0.1) is 5.92 Å². The van der Waals surface area contributed by atoms with Gasteiger partial charge in [-0.3, -0.25) is 4.79 Å². The van der Waals surface area contributed by atoms with Gasteiger partial charge in [-0.15, -0.1) is 0 Å². The summed E-state index contributed by atoms with van der Waals surface area (Å²) in [6.45, 7) is 5.84. The van der Waals surface area contributed by atoms with Crippen molar-refractivity contribution < 1.29 is 9.90 Å². The quantitative estimate of drug-likeness (QED) is 0.636. The largest absolute Gasteiger partial charge is 0.480 e. The Morgan fingerprint density at radius 2 is 2.07 bits per heavy atom. The van der Waals surface area contributed by atoms with E-state index in [4.69, 9.17) is 5.11 Å². The number of carbonyl (C=O) groups is 1. The van der Waals surface area contributed by atoms with E-state index in [1.807, 2.05) is 7.05 Å². The van der Waals surface area contributed by atoms with Gasteiger partial charge in [0.2, 0.25) is 0 Å². The summed E-state index contributed by atoms with van der Waals surface area (Å²) in [6, 6.07) is -0.466. The number of carboxylic acids is 1. The van der Waals surface area contributed by atoms with Crippen molar-refractivity contribution in [3.05, 3.63) is 0 Å². The van der Waals surface area contributed by atoms with E-state index in [1.165, 1.54) is 0 Å². The number of hydrogen-bond donors (Lipinski definition) is 2. The van der Waals surface area contributed by atoms with Crippen molar-refractivity contribution in [2.24, 2.45) is 5.92 Å². The maximum atomic E-state index is 10.7. The number of hydrogen-bond acceptors (Lipinski definition) is 3. The van der Waals surface area contributed by atoms with E-state index in [-0.39, 0.29) is 0 Å². The topological polar surface area (TPSA) is 52.6 Å². The van der Waals surface area contributed by atoms with Crippen molar-refractivity contribution in [1.82, 2.24) is 10.2 Å². The molecule has 0 fully saturated rings. The molecule has 0 saturated carbocycles. The third kappa shape index (κ3) is 5.94. The molecule has 0 rings (SSSR count). The molecule has 0 aliphatic heterocycles. The Hall–Kier alpha value is -0.610. The van der Waals surface area contributed by atoms with Gasteiger partial charge in [-0.25, -0.2) is 0 Å². The fourth-order valence-electron chi connectivity index (χ4n) is 1.17. The monoisotopic (exact) mass is 202 g/mol. The highest BCUT2D eigenvalue weighted by Gasteiger charge is 2.16. The van der Waals surface area contributed by atoms with Gasteiger partial charge in [-0.05, 0) is 33.0 Å². The standard InChI is InChI=1S/C10H22N2O2/c1-8(2)5-6-12(4)7-9(11-3)10(13)14/h8-9,11H,5-7H2,1-4H3,(H,13,14). The molecule has 0 aromatic heterocycles. The van der Waals surface area contributed by atoms with Crippen LogP contribution >= 0.6 is 0 Å². The van der Waals surface area contributed by atoms with Crippen LogP contribution in [0.1, 0.15) is 20.3 Å². The molecule has 0 aromatic rings. The van der Waals surface area contributed by atoms with E-state index in [1.54, 1.807) is 7.05 Å². The van der Waals surface area contributed by atoms with Crippen molar-refractivity contribution in [3.8, 4) is 0 Å². The maximum Gasteiger partial charge on any atom is 0.322 e. The summed E-state index contributed by atoms with van der Waals surface area (Å²) in [5.41, 5.74) is 0. The summed E-state index contributed by atoms with van der Waals surface area (Å²) in [4.78, 5) is 12.8. The number of rotatable bonds is 7. The average Bonchev–Trinajstić information content (AvgIpc) is 2.10. The van der Waals surface area contributed by atoms with Crippen LogP contribution in [0.4, 0.5) is 0 Å². The Labute approximate surface area is 86.3 Å². The fraction of sp³-hybridized carbons (Fsp3) is 0.900. The second-order valence-corrected chi connectivity index (χ2v) is 4.12. The lowest BCUT2D eigenvalue weighted by Gasteiger charge is -2.21. The predicted octanol–water partition coefficient (Wildman–Crippen LogP) is 0.637. The number of likely N-dealkylation sites (N-methyl/N-ethyl adjacent to an activating group) is 2. The van der Waals surface area contributed by atoms with Crippen LogP contribution in [0.25, 0.3) is 0 Å². The van der Waals surface area contributed by atoms with Crippen LogP contribution < -0.4 is 5.32 Å². The molecule has 4 heteroatoms. The Kier molecular flexibility index (Phi) is 6.49. The van der Waals surface area contributed by atoms with Gasteiger partial charge < -0.3 is 15.3 Å². The molecule has 0 aromatic carbocycles. The molecule has 14 heavy (non-hydrogen) atoms. The van der Waals surface area contributed by atoms with Gasteiger partial charge in [0, 0.05) is 6.54 Å². The molecule has 0 aliphatic carbocycles. The molecule has 4 nitrogen and oxygen atoms in total. The van der Waals surface area contributed by atoms with Crippen LogP contribution in [0.5, 0.6) is 0 Å². The Bertz CT molecular complexity index is 172. The summed E-state index contributed by atoms with van der Waals surface area (Å²) < 4.78 is 0. The van der Waals surface area contributed by atoms with E-state index in [0.29, 0.717) is 12.5 Å². The van der Waals surface area contributed by atoms with E-state index in [9.17, 15) is 4.79 Å². The summed E-state index contributed by atoms with van der Waals surface area (Å²) in [7, 11) is 3.63. The van der Waals surface area contributed by atoms with Crippen molar-refractivity contribution in [1.29, 1.82) is 0 Å². The third-order valence-electron chi connectivity index (χ3n) is 2.23. The highest BCUT2D eigenvalue weighted by Crippen LogP contribution is 2.01. The predicted molar refractivity (Wildman–Crippen MR) is 57.4 cm³/mol. The lowest BCUT2D eigenvalue weighted by atomic mass is 10.1. The molecule has 0 aliphatic rings. The minimum atomic E-state index is -0.788. The van der Waals surface area contributed by atoms with E-state index >= 15 is 0 Å². The fourth-order valence-corrected chi connectivity index (χ4v) is 1.17. The van der Waals surface area contributed by atoms with Crippen molar-refractivity contribution in [2.75, 3.05) is 27.2 Å². The molecular weight excluding hydrogens is 180 g/mol. The first-order valence-electron chi connectivity index (χ1n) is 5.06. The molecule has 1 atom stereocenters. The molecule has 0 amide bonds. The number of aliphatic carboxylic acids is 1.